The minimum absolute atomic E-state index is 0.0227. The fraction of sp³-hybridized carbons (Fsp3) is 0.0556. The largest absolute Gasteiger partial charge is 0.507 e. The number of aromatic hydroxyl groups is 1. The summed E-state index contributed by atoms with van der Waals surface area (Å²) >= 11 is 8.45. The third kappa shape index (κ3) is 3.47. The predicted octanol–water partition coefficient (Wildman–Crippen LogP) is 3.29. The van der Waals surface area contributed by atoms with Crippen LogP contribution in [0.3, 0.4) is 0 Å². The number of aryl methyl sites for hydroxylation is 1. The minimum Gasteiger partial charge on any atom is -0.507 e. The third-order valence-electron chi connectivity index (χ3n) is 3.68. The fourth-order valence-electron chi connectivity index (χ4n) is 2.38. The standard InChI is InChI=1S/C18H13BrN2O3S/c1-10-2-5-13(6-3-10)21-17(24)14(16(23)20-18(21)25)9-11-8-12(19)4-7-15(11)22/h2-9,22H,1H3,(H,20,23,25)/b14-9-. The number of phenolic OH excluding ortho intramolecular Hbond substituents is 1. The second-order valence-electron chi connectivity index (χ2n) is 5.50. The van der Waals surface area contributed by atoms with E-state index in [9.17, 15) is 14.7 Å². The molecule has 1 fully saturated rings. The zero-order valence-electron chi connectivity index (χ0n) is 13.1. The Morgan fingerprint density at radius 1 is 1.16 bits per heavy atom. The molecule has 0 spiro atoms. The average molecular weight is 417 g/mol. The maximum absolute atomic E-state index is 12.8. The van der Waals surface area contributed by atoms with Crippen LogP contribution in [0.5, 0.6) is 5.75 Å². The molecular formula is C18H13BrN2O3S. The Balaban J connectivity index is 2.05. The van der Waals surface area contributed by atoms with Crippen molar-refractivity contribution in [2.45, 2.75) is 6.92 Å². The summed E-state index contributed by atoms with van der Waals surface area (Å²) in [6, 6.07) is 12.0. The quantitative estimate of drug-likeness (QED) is 0.447. The van der Waals surface area contributed by atoms with Gasteiger partial charge in [-0.3, -0.25) is 19.8 Å². The molecule has 2 amide bonds. The van der Waals surface area contributed by atoms with Crippen molar-refractivity contribution < 1.29 is 14.7 Å². The lowest BCUT2D eigenvalue weighted by atomic mass is 10.1. The first-order valence-corrected chi connectivity index (χ1v) is 8.53. The number of amides is 2. The van der Waals surface area contributed by atoms with E-state index in [0.29, 0.717) is 15.7 Å². The van der Waals surface area contributed by atoms with Gasteiger partial charge in [0.2, 0.25) is 0 Å². The molecule has 2 N–H and O–H groups in total. The lowest BCUT2D eigenvalue weighted by Gasteiger charge is -2.29. The van der Waals surface area contributed by atoms with Crippen LogP contribution in [0.15, 0.2) is 52.5 Å². The van der Waals surface area contributed by atoms with Crippen molar-refractivity contribution in [3.8, 4) is 5.75 Å². The van der Waals surface area contributed by atoms with Crippen LogP contribution in [0.1, 0.15) is 11.1 Å². The summed E-state index contributed by atoms with van der Waals surface area (Å²) in [5, 5.41) is 12.5. The van der Waals surface area contributed by atoms with E-state index in [1.165, 1.54) is 17.0 Å². The van der Waals surface area contributed by atoms with E-state index in [2.05, 4.69) is 21.2 Å². The van der Waals surface area contributed by atoms with Crippen LogP contribution in [0.2, 0.25) is 0 Å². The van der Waals surface area contributed by atoms with Crippen molar-refractivity contribution >= 4 is 56.8 Å². The summed E-state index contributed by atoms with van der Waals surface area (Å²) < 4.78 is 0.715. The number of halogens is 1. The molecule has 0 aliphatic carbocycles. The van der Waals surface area contributed by atoms with Gasteiger partial charge in [-0.15, -0.1) is 0 Å². The number of hydrogen-bond acceptors (Lipinski definition) is 4. The van der Waals surface area contributed by atoms with E-state index in [1.54, 1.807) is 24.3 Å². The number of anilines is 1. The SMILES string of the molecule is Cc1ccc(N2C(=O)/C(=C\c3cc(Br)ccc3O)C(=O)NC2=S)cc1. The highest BCUT2D eigenvalue weighted by atomic mass is 79.9. The van der Waals surface area contributed by atoms with Crippen molar-refractivity contribution in [3.63, 3.8) is 0 Å². The first kappa shape index (κ1) is 17.3. The van der Waals surface area contributed by atoms with E-state index in [4.69, 9.17) is 12.2 Å². The molecule has 1 aliphatic heterocycles. The number of hydrogen-bond donors (Lipinski definition) is 2. The summed E-state index contributed by atoms with van der Waals surface area (Å²) in [4.78, 5) is 26.3. The molecule has 1 heterocycles. The fourth-order valence-corrected chi connectivity index (χ4v) is 3.04. The zero-order chi connectivity index (χ0) is 18.1. The Bertz CT molecular complexity index is 922. The number of thiocarbonyl (C=S) groups is 1. The lowest BCUT2D eigenvalue weighted by Crippen LogP contribution is -2.54. The van der Waals surface area contributed by atoms with Crippen LogP contribution in [0.4, 0.5) is 5.69 Å². The van der Waals surface area contributed by atoms with Gasteiger partial charge in [-0.05, 0) is 55.5 Å². The molecule has 0 saturated carbocycles. The molecule has 2 aromatic rings. The van der Waals surface area contributed by atoms with Crippen molar-refractivity contribution in [1.29, 1.82) is 0 Å². The van der Waals surface area contributed by atoms with Crippen molar-refractivity contribution in [3.05, 3.63) is 63.6 Å². The van der Waals surface area contributed by atoms with E-state index in [0.717, 1.165) is 5.56 Å². The van der Waals surface area contributed by atoms with Crippen LogP contribution in [-0.4, -0.2) is 22.0 Å². The van der Waals surface area contributed by atoms with Gasteiger partial charge < -0.3 is 5.11 Å². The summed E-state index contributed by atoms with van der Waals surface area (Å²) in [5.41, 5.74) is 1.84. The first-order valence-electron chi connectivity index (χ1n) is 7.33. The third-order valence-corrected chi connectivity index (χ3v) is 4.46. The Hall–Kier alpha value is -2.51. The molecule has 0 bridgehead atoms. The van der Waals surface area contributed by atoms with E-state index < -0.39 is 11.8 Å². The Morgan fingerprint density at radius 2 is 1.84 bits per heavy atom. The predicted molar refractivity (Wildman–Crippen MR) is 103 cm³/mol. The summed E-state index contributed by atoms with van der Waals surface area (Å²) in [6.07, 6.45) is 1.35. The molecule has 126 valence electrons. The van der Waals surface area contributed by atoms with Crippen molar-refractivity contribution in [2.75, 3.05) is 4.90 Å². The van der Waals surface area contributed by atoms with Gasteiger partial charge in [-0.25, -0.2) is 0 Å². The summed E-state index contributed by atoms with van der Waals surface area (Å²) in [6.45, 7) is 1.93. The van der Waals surface area contributed by atoms with Gasteiger partial charge in [-0.2, -0.15) is 0 Å². The number of phenols is 1. The van der Waals surface area contributed by atoms with Crippen LogP contribution in [0, 0.1) is 6.92 Å². The smallest absolute Gasteiger partial charge is 0.270 e. The number of nitrogens with one attached hydrogen (secondary N) is 1. The van der Waals surface area contributed by atoms with Gasteiger partial charge in [0.05, 0.1) is 5.69 Å². The maximum atomic E-state index is 12.8. The van der Waals surface area contributed by atoms with Crippen molar-refractivity contribution in [2.24, 2.45) is 0 Å². The molecule has 0 unspecified atom stereocenters. The maximum Gasteiger partial charge on any atom is 0.270 e. The number of carbonyl (C=O) groups is 2. The second kappa shape index (κ2) is 6.78. The van der Waals surface area contributed by atoms with Gasteiger partial charge in [0.1, 0.15) is 11.3 Å². The Kier molecular flexibility index (Phi) is 4.69. The van der Waals surface area contributed by atoms with Crippen LogP contribution in [-0.2, 0) is 9.59 Å². The van der Waals surface area contributed by atoms with Gasteiger partial charge in [0.15, 0.2) is 5.11 Å². The number of rotatable bonds is 2. The molecule has 1 aliphatic rings. The summed E-state index contributed by atoms with van der Waals surface area (Å²) in [7, 11) is 0. The second-order valence-corrected chi connectivity index (χ2v) is 6.80. The molecule has 7 heteroatoms. The first-order chi connectivity index (χ1) is 11.9. The molecular weight excluding hydrogens is 404 g/mol. The molecule has 0 aromatic heterocycles. The van der Waals surface area contributed by atoms with Crippen LogP contribution in [0.25, 0.3) is 6.08 Å². The van der Waals surface area contributed by atoms with Crippen molar-refractivity contribution in [1.82, 2.24) is 5.32 Å². The molecule has 0 atom stereocenters. The monoisotopic (exact) mass is 416 g/mol. The molecule has 25 heavy (non-hydrogen) atoms. The normalized spacial score (nSPS) is 16.3. The highest BCUT2D eigenvalue weighted by Gasteiger charge is 2.34. The Morgan fingerprint density at radius 3 is 2.52 bits per heavy atom. The molecule has 2 aromatic carbocycles. The minimum atomic E-state index is -0.599. The lowest BCUT2D eigenvalue weighted by molar-refractivity contribution is -0.122. The molecule has 0 radical (unpaired) electrons. The molecule has 3 rings (SSSR count). The number of carbonyl (C=O) groups excluding carboxylic acids is 2. The molecule has 5 nitrogen and oxygen atoms in total. The topological polar surface area (TPSA) is 69.6 Å². The number of benzene rings is 2. The Labute approximate surface area is 158 Å². The van der Waals surface area contributed by atoms with Crippen LogP contribution >= 0.6 is 28.1 Å². The van der Waals surface area contributed by atoms with Gasteiger partial charge in [0, 0.05) is 10.0 Å². The van der Waals surface area contributed by atoms with Gasteiger partial charge >= 0.3 is 0 Å². The zero-order valence-corrected chi connectivity index (χ0v) is 15.5. The molecule has 1 saturated heterocycles. The highest BCUT2D eigenvalue weighted by Crippen LogP contribution is 2.27. The van der Waals surface area contributed by atoms with Gasteiger partial charge in [0.25, 0.3) is 11.8 Å². The van der Waals surface area contributed by atoms with E-state index in [1.807, 2.05) is 19.1 Å². The highest BCUT2D eigenvalue weighted by molar-refractivity contribution is 9.10. The summed E-state index contributed by atoms with van der Waals surface area (Å²) in [5.74, 6) is -1.18. The average Bonchev–Trinajstić information content (AvgIpc) is 2.56. The van der Waals surface area contributed by atoms with E-state index >= 15 is 0 Å². The number of nitrogens with zero attached hydrogens (tertiary/aromatic N) is 1. The van der Waals surface area contributed by atoms with Gasteiger partial charge in [-0.1, -0.05) is 33.6 Å². The van der Waals surface area contributed by atoms with E-state index in [-0.39, 0.29) is 16.4 Å². The van der Waals surface area contributed by atoms with Crippen LogP contribution < -0.4 is 10.2 Å².